The topological polar surface area (TPSA) is 52.6 Å². The van der Waals surface area contributed by atoms with E-state index in [9.17, 15) is 8.42 Å². The van der Waals surface area contributed by atoms with Gasteiger partial charge in [-0.05, 0) is 32.0 Å². The fraction of sp³-hybridized carbons (Fsp3) is 0.176. The number of ether oxygens (including phenoxy) is 1. The molecule has 0 bridgehead atoms. The molecule has 0 saturated carbocycles. The number of benzene rings is 2. The van der Waals surface area contributed by atoms with E-state index in [4.69, 9.17) is 8.92 Å². The van der Waals surface area contributed by atoms with Crippen LogP contribution >= 0.6 is 0 Å². The molecule has 2 rings (SSSR count). The second kappa shape index (κ2) is 6.77. The number of rotatable bonds is 6. The fourth-order valence-electron chi connectivity index (χ4n) is 1.89. The van der Waals surface area contributed by atoms with Gasteiger partial charge in [0, 0.05) is 5.56 Å². The SMILES string of the molecule is C=Cc1ccccc1OC(C)OS(=O)(=O)c1ccc(C)cc1. The van der Waals surface area contributed by atoms with Crippen LogP contribution in [0.2, 0.25) is 0 Å². The Labute approximate surface area is 131 Å². The predicted octanol–water partition coefficient (Wildman–Crippen LogP) is 3.77. The molecule has 0 saturated heterocycles. The molecule has 0 aliphatic heterocycles. The van der Waals surface area contributed by atoms with E-state index < -0.39 is 16.4 Å². The van der Waals surface area contributed by atoms with Crippen LogP contribution in [0.4, 0.5) is 0 Å². The van der Waals surface area contributed by atoms with Crippen LogP contribution in [0, 0.1) is 6.92 Å². The lowest BCUT2D eigenvalue weighted by Crippen LogP contribution is -2.21. The zero-order valence-corrected chi connectivity index (χ0v) is 13.3. The highest BCUT2D eigenvalue weighted by Crippen LogP contribution is 2.22. The van der Waals surface area contributed by atoms with E-state index in [1.165, 1.54) is 19.1 Å². The molecule has 2 aromatic carbocycles. The van der Waals surface area contributed by atoms with Crippen LogP contribution in [0.3, 0.4) is 0 Å². The molecule has 0 radical (unpaired) electrons. The minimum absolute atomic E-state index is 0.102. The maximum Gasteiger partial charge on any atom is 0.300 e. The summed E-state index contributed by atoms with van der Waals surface area (Å²) in [6.07, 6.45) is 0.684. The summed E-state index contributed by atoms with van der Waals surface area (Å²) in [6, 6.07) is 13.6. The van der Waals surface area contributed by atoms with Crippen molar-refractivity contribution in [1.29, 1.82) is 0 Å². The summed E-state index contributed by atoms with van der Waals surface area (Å²) in [6.45, 7) is 7.11. The highest BCUT2D eigenvalue weighted by atomic mass is 32.2. The van der Waals surface area contributed by atoms with Crippen LogP contribution in [0.15, 0.2) is 60.0 Å². The van der Waals surface area contributed by atoms with Crippen molar-refractivity contribution in [1.82, 2.24) is 0 Å². The molecule has 4 nitrogen and oxygen atoms in total. The van der Waals surface area contributed by atoms with E-state index in [1.54, 1.807) is 30.3 Å². The number of hydrogen-bond acceptors (Lipinski definition) is 4. The standard InChI is InChI=1S/C17H18O4S/c1-4-15-7-5-6-8-17(15)20-14(3)21-22(18,19)16-11-9-13(2)10-12-16/h4-12,14H,1H2,2-3H3. The van der Waals surface area contributed by atoms with Crippen LogP contribution in [0.1, 0.15) is 18.1 Å². The van der Waals surface area contributed by atoms with Gasteiger partial charge in [0.05, 0.1) is 4.90 Å². The van der Waals surface area contributed by atoms with Gasteiger partial charge in [-0.25, -0.2) is 4.18 Å². The second-order valence-corrected chi connectivity index (χ2v) is 6.36. The molecule has 0 amide bonds. The van der Waals surface area contributed by atoms with Gasteiger partial charge in [-0.15, -0.1) is 0 Å². The Morgan fingerprint density at radius 1 is 1.09 bits per heavy atom. The molecular weight excluding hydrogens is 300 g/mol. The van der Waals surface area contributed by atoms with Crippen LogP contribution in [0.25, 0.3) is 6.08 Å². The van der Waals surface area contributed by atoms with Crippen molar-refractivity contribution in [2.45, 2.75) is 25.0 Å². The molecule has 0 spiro atoms. The molecular formula is C17H18O4S. The van der Waals surface area contributed by atoms with Gasteiger partial charge in [0.1, 0.15) is 5.75 Å². The lowest BCUT2D eigenvalue weighted by molar-refractivity contribution is 0.0280. The summed E-state index contributed by atoms with van der Waals surface area (Å²) >= 11 is 0. The first kappa shape index (κ1) is 16.3. The number of hydrogen-bond donors (Lipinski definition) is 0. The van der Waals surface area contributed by atoms with Crippen molar-refractivity contribution in [2.75, 3.05) is 0 Å². The predicted molar refractivity (Wildman–Crippen MR) is 86.1 cm³/mol. The Hall–Kier alpha value is -2.11. The van der Waals surface area contributed by atoms with E-state index >= 15 is 0 Å². The molecule has 5 heteroatoms. The minimum atomic E-state index is -3.87. The van der Waals surface area contributed by atoms with Gasteiger partial charge < -0.3 is 4.74 Å². The third-order valence-corrected chi connectivity index (χ3v) is 4.38. The van der Waals surface area contributed by atoms with Gasteiger partial charge >= 0.3 is 0 Å². The molecule has 0 aliphatic carbocycles. The van der Waals surface area contributed by atoms with Gasteiger partial charge in [0.15, 0.2) is 0 Å². The second-order valence-electron chi connectivity index (χ2n) is 4.79. The molecule has 1 atom stereocenters. The average Bonchev–Trinajstić information content (AvgIpc) is 2.47. The Kier molecular flexibility index (Phi) is 5.00. The number of aryl methyl sites for hydroxylation is 1. The summed E-state index contributed by atoms with van der Waals surface area (Å²) < 4.78 is 35.0. The maximum absolute atomic E-state index is 12.2. The van der Waals surface area contributed by atoms with Gasteiger partial charge in [-0.3, -0.25) is 0 Å². The molecule has 2 aromatic rings. The van der Waals surface area contributed by atoms with Crippen molar-refractivity contribution in [3.63, 3.8) is 0 Å². The van der Waals surface area contributed by atoms with E-state index in [0.717, 1.165) is 11.1 Å². The Morgan fingerprint density at radius 3 is 2.36 bits per heavy atom. The van der Waals surface area contributed by atoms with Crippen molar-refractivity contribution >= 4 is 16.2 Å². The van der Waals surface area contributed by atoms with Crippen molar-refractivity contribution in [2.24, 2.45) is 0 Å². The Bertz CT molecular complexity index is 748. The first-order chi connectivity index (χ1) is 10.4. The van der Waals surface area contributed by atoms with Gasteiger partial charge in [-0.1, -0.05) is 48.6 Å². The third kappa shape index (κ3) is 3.96. The summed E-state index contributed by atoms with van der Waals surface area (Å²) in [7, 11) is -3.87. The highest BCUT2D eigenvalue weighted by Gasteiger charge is 2.20. The molecule has 116 valence electrons. The molecule has 1 unspecified atom stereocenters. The molecule has 0 fully saturated rings. The summed E-state index contributed by atoms with van der Waals surface area (Å²) in [5, 5.41) is 0. The molecule has 0 aliphatic rings. The monoisotopic (exact) mass is 318 g/mol. The highest BCUT2D eigenvalue weighted by molar-refractivity contribution is 7.86. The number of para-hydroxylation sites is 1. The van der Waals surface area contributed by atoms with E-state index in [2.05, 4.69) is 6.58 Å². The lowest BCUT2D eigenvalue weighted by Gasteiger charge is -2.16. The first-order valence-electron chi connectivity index (χ1n) is 6.80. The Balaban J connectivity index is 2.12. The van der Waals surface area contributed by atoms with Crippen molar-refractivity contribution < 1.29 is 17.3 Å². The smallest absolute Gasteiger partial charge is 0.300 e. The molecule has 22 heavy (non-hydrogen) atoms. The minimum Gasteiger partial charge on any atom is -0.463 e. The van der Waals surface area contributed by atoms with Gasteiger partial charge in [0.25, 0.3) is 10.1 Å². The van der Waals surface area contributed by atoms with Crippen molar-refractivity contribution in [3.8, 4) is 5.75 Å². The van der Waals surface area contributed by atoms with Gasteiger partial charge in [-0.2, -0.15) is 8.42 Å². The first-order valence-corrected chi connectivity index (χ1v) is 8.21. The average molecular weight is 318 g/mol. The zero-order valence-electron chi connectivity index (χ0n) is 12.5. The van der Waals surface area contributed by atoms with E-state index in [1.807, 2.05) is 19.1 Å². The van der Waals surface area contributed by atoms with Crippen molar-refractivity contribution in [3.05, 3.63) is 66.2 Å². The molecule has 0 aromatic heterocycles. The Morgan fingerprint density at radius 2 is 1.73 bits per heavy atom. The van der Waals surface area contributed by atoms with Crippen LogP contribution in [-0.4, -0.2) is 14.7 Å². The zero-order chi connectivity index (χ0) is 16.2. The third-order valence-electron chi connectivity index (χ3n) is 3.00. The van der Waals surface area contributed by atoms with Crippen LogP contribution < -0.4 is 4.74 Å². The maximum atomic E-state index is 12.2. The van der Waals surface area contributed by atoms with E-state index in [0.29, 0.717) is 5.75 Å². The lowest BCUT2D eigenvalue weighted by atomic mass is 10.2. The molecule has 0 N–H and O–H groups in total. The van der Waals surface area contributed by atoms with Crippen LogP contribution in [-0.2, 0) is 14.3 Å². The summed E-state index contributed by atoms with van der Waals surface area (Å²) in [4.78, 5) is 0.102. The fourth-order valence-corrected chi connectivity index (χ4v) is 2.87. The van der Waals surface area contributed by atoms with E-state index in [-0.39, 0.29) is 4.90 Å². The van der Waals surface area contributed by atoms with Gasteiger partial charge in [0.2, 0.25) is 6.29 Å². The largest absolute Gasteiger partial charge is 0.463 e. The summed E-state index contributed by atoms with van der Waals surface area (Å²) in [5.41, 5.74) is 1.74. The molecule has 0 heterocycles. The normalized spacial score (nSPS) is 12.6. The van der Waals surface area contributed by atoms with Crippen LogP contribution in [0.5, 0.6) is 5.75 Å². The quantitative estimate of drug-likeness (QED) is 0.601. The summed E-state index contributed by atoms with van der Waals surface area (Å²) in [5.74, 6) is 0.518.